The third-order valence-corrected chi connectivity index (χ3v) is 6.59. The molecular weight excluding hydrogens is 442 g/mol. The zero-order chi connectivity index (χ0) is 24.9. The van der Waals surface area contributed by atoms with Crippen LogP contribution < -0.4 is 10.3 Å². The molecular formula is C32H31N3O+2. The molecule has 0 fully saturated rings. The van der Waals surface area contributed by atoms with Crippen LogP contribution in [0.2, 0.25) is 0 Å². The van der Waals surface area contributed by atoms with Gasteiger partial charge in [0.05, 0.1) is 24.9 Å². The number of aromatic nitrogens is 1. The molecule has 0 unspecified atom stereocenters. The monoisotopic (exact) mass is 473 g/mol. The van der Waals surface area contributed by atoms with Gasteiger partial charge in [-0.1, -0.05) is 97.1 Å². The van der Waals surface area contributed by atoms with Gasteiger partial charge >= 0.3 is 0 Å². The quantitative estimate of drug-likeness (QED) is 0.319. The largest absolute Gasteiger partial charge is 0.502 e. The number of nitrogens with two attached hydrogens (primary N) is 1. The molecule has 0 aliphatic carbocycles. The van der Waals surface area contributed by atoms with Crippen molar-refractivity contribution in [2.75, 3.05) is 7.05 Å². The summed E-state index contributed by atoms with van der Waals surface area (Å²) in [4.78, 5) is 8.40. The Morgan fingerprint density at radius 2 is 1.44 bits per heavy atom. The van der Waals surface area contributed by atoms with Crippen LogP contribution in [0.15, 0.2) is 108 Å². The maximum absolute atomic E-state index is 11.1. The first-order valence-electron chi connectivity index (χ1n) is 12.3. The van der Waals surface area contributed by atoms with Crippen LogP contribution in [0.5, 0.6) is 5.75 Å². The molecule has 4 aromatic carbocycles. The van der Waals surface area contributed by atoms with E-state index in [1.807, 2.05) is 36.4 Å². The Kier molecular flexibility index (Phi) is 6.87. The first-order valence-corrected chi connectivity index (χ1v) is 12.3. The smallest absolute Gasteiger partial charge is 0.209 e. The van der Waals surface area contributed by atoms with E-state index in [0.717, 1.165) is 45.8 Å². The minimum atomic E-state index is 0.221. The Hall–Kier alpha value is -4.28. The van der Waals surface area contributed by atoms with E-state index in [1.165, 1.54) is 16.3 Å². The number of quaternary nitrogens is 1. The van der Waals surface area contributed by atoms with Crippen LogP contribution in [0.3, 0.4) is 0 Å². The number of hydrogen-bond acceptors (Lipinski definition) is 2. The zero-order valence-electron chi connectivity index (χ0n) is 20.7. The lowest BCUT2D eigenvalue weighted by atomic mass is 9.89. The second-order valence-electron chi connectivity index (χ2n) is 8.98. The van der Waals surface area contributed by atoms with Gasteiger partial charge in [0.2, 0.25) is 6.20 Å². The van der Waals surface area contributed by atoms with Crippen molar-refractivity contribution in [3.8, 4) is 16.9 Å². The van der Waals surface area contributed by atoms with Crippen LogP contribution in [0.1, 0.15) is 27.9 Å². The Balaban J connectivity index is 1.72. The van der Waals surface area contributed by atoms with Gasteiger partial charge in [0.15, 0.2) is 11.4 Å². The average Bonchev–Trinajstić information content (AvgIpc) is 2.92. The second kappa shape index (κ2) is 10.5. The van der Waals surface area contributed by atoms with Crippen LogP contribution in [-0.4, -0.2) is 17.9 Å². The van der Waals surface area contributed by atoms with Gasteiger partial charge < -0.3 is 10.4 Å². The lowest BCUT2D eigenvalue weighted by Crippen LogP contribution is -2.77. The molecule has 4 heteroatoms. The van der Waals surface area contributed by atoms with Crippen LogP contribution in [0.25, 0.3) is 21.9 Å². The molecule has 0 atom stereocenters. The lowest BCUT2D eigenvalue weighted by molar-refractivity contribution is -0.643. The van der Waals surface area contributed by atoms with Gasteiger partial charge in [0.1, 0.15) is 6.54 Å². The molecule has 0 aliphatic rings. The molecule has 0 amide bonds. The molecule has 178 valence electrons. The van der Waals surface area contributed by atoms with Gasteiger partial charge in [-0.05, 0) is 10.8 Å². The molecule has 4 nitrogen and oxygen atoms in total. The predicted octanol–water partition coefficient (Wildman–Crippen LogP) is 5.07. The van der Waals surface area contributed by atoms with Crippen LogP contribution >= 0.6 is 0 Å². The normalized spacial score (nSPS) is 10.9. The Bertz CT molecular complexity index is 1480. The summed E-state index contributed by atoms with van der Waals surface area (Å²) in [6.45, 7) is 3.27. The van der Waals surface area contributed by atoms with Gasteiger partial charge in [-0.25, -0.2) is 4.98 Å². The third-order valence-electron chi connectivity index (χ3n) is 6.59. The van der Waals surface area contributed by atoms with Crippen molar-refractivity contribution in [3.63, 3.8) is 0 Å². The maximum atomic E-state index is 11.1. The van der Waals surface area contributed by atoms with E-state index in [4.69, 9.17) is 4.99 Å². The van der Waals surface area contributed by atoms with Crippen molar-refractivity contribution in [2.24, 2.45) is 4.99 Å². The predicted molar refractivity (Wildman–Crippen MR) is 146 cm³/mol. The van der Waals surface area contributed by atoms with Crippen molar-refractivity contribution in [2.45, 2.75) is 20.0 Å². The van der Waals surface area contributed by atoms with Gasteiger partial charge in [0, 0.05) is 34.7 Å². The number of H-pyrrole nitrogens is 1. The standard InChI is InChI=1S/C32H29N3O/c1-22-30(31-26(19-33-2)18-17-23-11-9-10-16-27(23)31)28(29(36)21-34-22)20-35-32(24-12-5-3-6-13-24)25-14-7-4-8-15-25/h3-18,21,33,36H,19-20H2,1-2H3/p+2. The fourth-order valence-electron chi connectivity index (χ4n) is 4.89. The topological polar surface area (TPSA) is 63.3 Å². The van der Waals surface area contributed by atoms with E-state index in [1.54, 1.807) is 6.20 Å². The number of aromatic amines is 1. The first kappa shape index (κ1) is 23.5. The third kappa shape index (κ3) is 4.64. The van der Waals surface area contributed by atoms with E-state index in [2.05, 4.69) is 84.9 Å². The Morgan fingerprint density at radius 1 is 0.806 bits per heavy atom. The molecule has 0 saturated carbocycles. The van der Waals surface area contributed by atoms with Crippen molar-refractivity contribution in [1.29, 1.82) is 0 Å². The summed E-state index contributed by atoms with van der Waals surface area (Å²) < 4.78 is 0. The number of pyridine rings is 1. The second-order valence-corrected chi connectivity index (χ2v) is 8.98. The molecule has 0 bridgehead atoms. The molecule has 5 rings (SSSR count). The highest BCUT2D eigenvalue weighted by atomic mass is 16.3. The molecule has 0 radical (unpaired) electrons. The van der Waals surface area contributed by atoms with Crippen LogP contribution in [-0.2, 0) is 13.1 Å². The number of fused-ring (bicyclic) bond motifs is 1. The SMILES string of the molecule is C[NH2+]Cc1ccc2ccccc2c1-c1c(C)[nH+]cc(O)c1CN=C(c1ccccc1)c1ccccc1. The minimum Gasteiger partial charge on any atom is -0.502 e. The molecule has 0 aliphatic heterocycles. The lowest BCUT2D eigenvalue weighted by Gasteiger charge is -2.16. The number of rotatable bonds is 7. The number of nitrogens with one attached hydrogen (secondary N) is 1. The fraction of sp³-hybridized carbons (Fsp3) is 0.125. The summed E-state index contributed by atoms with van der Waals surface area (Å²) >= 11 is 0. The summed E-state index contributed by atoms with van der Waals surface area (Å²) in [5.74, 6) is 0.221. The molecule has 5 aromatic rings. The molecule has 1 aromatic heterocycles. The number of aryl methyl sites for hydroxylation is 1. The molecule has 36 heavy (non-hydrogen) atoms. The Morgan fingerprint density at radius 3 is 2.11 bits per heavy atom. The Labute approximate surface area is 212 Å². The van der Waals surface area contributed by atoms with E-state index in [-0.39, 0.29) is 5.75 Å². The number of aliphatic imine (C=N–C) groups is 1. The summed E-state index contributed by atoms with van der Waals surface area (Å²) in [5.41, 5.74) is 8.25. The fourth-order valence-corrected chi connectivity index (χ4v) is 4.89. The molecule has 0 spiro atoms. The van der Waals surface area contributed by atoms with Crippen molar-refractivity contribution >= 4 is 16.5 Å². The highest BCUT2D eigenvalue weighted by Crippen LogP contribution is 2.38. The minimum absolute atomic E-state index is 0.221. The van der Waals surface area contributed by atoms with Crippen molar-refractivity contribution in [1.82, 2.24) is 0 Å². The number of hydrogen-bond donors (Lipinski definition) is 2. The first-order chi connectivity index (χ1) is 17.7. The molecule has 4 N–H and O–H groups in total. The highest BCUT2D eigenvalue weighted by Gasteiger charge is 2.23. The van der Waals surface area contributed by atoms with Gasteiger partial charge in [-0.3, -0.25) is 4.99 Å². The van der Waals surface area contributed by atoms with E-state index < -0.39 is 0 Å². The van der Waals surface area contributed by atoms with Gasteiger partial charge in [-0.15, -0.1) is 0 Å². The number of benzene rings is 4. The highest BCUT2D eigenvalue weighted by molar-refractivity contribution is 6.13. The number of nitrogens with zero attached hydrogens (tertiary/aromatic N) is 1. The van der Waals surface area contributed by atoms with E-state index >= 15 is 0 Å². The number of aromatic hydroxyl groups is 1. The van der Waals surface area contributed by atoms with Crippen molar-refractivity contribution in [3.05, 3.63) is 131 Å². The van der Waals surface area contributed by atoms with E-state index in [9.17, 15) is 5.11 Å². The molecule has 1 heterocycles. The van der Waals surface area contributed by atoms with Gasteiger partial charge in [-0.2, -0.15) is 0 Å². The summed E-state index contributed by atoms with van der Waals surface area (Å²) in [5, 5.41) is 15.6. The zero-order valence-corrected chi connectivity index (χ0v) is 20.7. The van der Waals surface area contributed by atoms with Crippen LogP contribution in [0.4, 0.5) is 0 Å². The summed E-state index contributed by atoms with van der Waals surface area (Å²) in [6.07, 6.45) is 1.67. The van der Waals surface area contributed by atoms with Gasteiger partial charge in [0.25, 0.3) is 0 Å². The van der Waals surface area contributed by atoms with E-state index in [0.29, 0.717) is 6.54 Å². The van der Waals surface area contributed by atoms with Crippen LogP contribution in [0, 0.1) is 6.92 Å². The van der Waals surface area contributed by atoms with Crippen molar-refractivity contribution < 1.29 is 15.4 Å². The average molecular weight is 474 g/mol. The maximum Gasteiger partial charge on any atom is 0.209 e. The summed E-state index contributed by atoms with van der Waals surface area (Å²) in [6, 6.07) is 33.3. The summed E-state index contributed by atoms with van der Waals surface area (Å²) in [7, 11) is 2.08. The molecule has 0 saturated heterocycles.